The lowest BCUT2D eigenvalue weighted by molar-refractivity contribution is -0.199. The van der Waals surface area contributed by atoms with E-state index in [1.165, 1.54) is 0 Å². The maximum absolute atomic E-state index is 12.0. The molecule has 3 atom stereocenters. The minimum absolute atomic E-state index is 0.0906. The number of amides is 1. The second kappa shape index (κ2) is 3.95. The molecule has 3 fully saturated rings. The van der Waals surface area contributed by atoms with Gasteiger partial charge in [0.2, 0.25) is 5.91 Å². The lowest BCUT2D eigenvalue weighted by Gasteiger charge is -2.53. The van der Waals surface area contributed by atoms with E-state index in [1.807, 2.05) is 4.90 Å². The highest BCUT2D eigenvalue weighted by atomic mass is 16.5. The Balaban J connectivity index is 1.54. The van der Waals surface area contributed by atoms with E-state index in [-0.39, 0.29) is 5.60 Å². The summed E-state index contributed by atoms with van der Waals surface area (Å²) < 4.78 is 11.3. The molecule has 2 aliphatic heterocycles. The van der Waals surface area contributed by atoms with Gasteiger partial charge in [-0.05, 0) is 18.8 Å². The van der Waals surface area contributed by atoms with Gasteiger partial charge >= 0.3 is 0 Å². The highest BCUT2D eigenvalue weighted by Gasteiger charge is 2.52. The van der Waals surface area contributed by atoms with Crippen LogP contribution in [0.15, 0.2) is 0 Å². The van der Waals surface area contributed by atoms with E-state index in [2.05, 4.69) is 6.92 Å². The Morgan fingerprint density at radius 2 is 2.18 bits per heavy atom. The van der Waals surface area contributed by atoms with Crippen LogP contribution in [-0.2, 0) is 14.3 Å². The van der Waals surface area contributed by atoms with Crippen LogP contribution in [0.4, 0.5) is 0 Å². The van der Waals surface area contributed by atoms with Crippen LogP contribution in [-0.4, -0.2) is 49.3 Å². The molecule has 1 saturated carbocycles. The third-order valence-corrected chi connectivity index (χ3v) is 4.48. The van der Waals surface area contributed by atoms with Gasteiger partial charge in [0.1, 0.15) is 5.60 Å². The van der Waals surface area contributed by atoms with E-state index in [4.69, 9.17) is 9.47 Å². The molecule has 3 rings (SSSR count). The Morgan fingerprint density at radius 1 is 1.47 bits per heavy atom. The summed E-state index contributed by atoms with van der Waals surface area (Å²) in [6.07, 6.45) is 3.30. The van der Waals surface area contributed by atoms with Crippen LogP contribution in [0.5, 0.6) is 0 Å². The van der Waals surface area contributed by atoms with Crippen LogP contribution in [0.3, 0.4) is 0 Å². The lowest BCUT2D eigenvalue weighted by atomic mass is 9.84. The van der Waals surface area contributed by atoms with Gasteiger partial charge in [0.25, 0.3) is 0 Å². The lowest BCUT2D eigenvalue weighted by Crippen LogP contribution is -2.67. The van der Waals surface area contributed by atoms with Crippen LogP contribution in [0.1, 0.15) is 26.2 Å². The maximum atomic E-state index is 12.0. The predicted molar refractivity (Wildman–Crippen MR) is 62.6 cm³/mol. The Bertz CT molecular complexity index is 325. The van der Waals surface area contributed by atoms with Gasteiger partial charge < -0.3 is 14.4 Å². The van der Waals surface area contributed by atoms with Crippen molar-refractivity contribution in [1.29, 1.82) is 0 Å². The molecule has 0 N–H and O–H groups in total. The van der Waals surface area contributed by atoms with E-state index in [0.29, 0.717) is 23.8 Å². The number of carbonyl (C=O) groups excluding carboxylic acids is 1. The number of methoxy groups -OCH3 is 1. The zero-order valence-electron chi connectivity index (χ0n) is 10.6. The van der Waals surface area contributed by atoms with Crippen molar-refractivity contribution in [3.8, 4) is 0 Å². The topological polar surface area (TPSA) is 38.8 Å². The molecule has 4 heteroatoms. The van der Waals surface area contributed by atoms with E-state index < -0.39 is 0 Å². The fourth-order valence-corrected chi connectivity index (χ4v) is 3.11. The molecule has 0 aromatic rings. The van der Waals surface area contributed by atoms with Crippen molar-refractivity contribution in [2.24, 2.45) is 11.8 Å². The van der Waals surface area contributed by atoms with Gasteiger partial charge in [-0.1, -0.05) is 6.92 Å². The standard InChI is InChI=1S/C13H21NO3/c1-9-5-11(9)12(15)14-7-13(8-14)6-10(16-2)3-4-17-13/h9-11H,3-8H2,1-2H3/t9-,10+,11+/m0/s1. The van der Waals surface area contributed by atoms with Crippen LogP contribution in [0, 0.1) is 11.8 Å². The molecule has 96 valence electrons. The van der Waals surface area contributed by atoms with E-state index in [9.17, 15) is 4.79 Å². The number of nitrogens with zero attached hydrogens (tertiary/aromatic N) is 1. The Labute approximate surface area is 102 Å². The quantitative estimate of drug-likeness (QED) is 0.723. The number of rotatable bonds is 2. The van der Waals surface area contributed by atoms with Crippen LogP contribution >= 0.6 is 0 Å². The fraction of sp³-hybridized carbons (Fsp3) is 0.923. The van der Waals surface area contributed by atoms with Crippen LogP contribution in [0.2, 0.25) is 0 Å². The molecule has 0 radical (unpaired) electrons. The number of hydrogen-bond acceptors (Lipinski definition) is 3. The molecule has 0 unspecified atom stereocenters. The van der Waals surface area contributed by atoms with Crippen LogP contribution in [0.25, 0.3) is 0 Å². The highest BCUT2D eigenvalue weighted by molar-refractivity contribution is 5.82. The van der Waals surface area contributed by atoms with Crippen LogP contribution < -0.4 is 0 Å². The molecule has 17 heavy (non-hydrogen) atoms. The summed E-state index contributed by atoms with van der Waals surface area (Å²) in [5, 5.41) is 0. The fourth-order valence-electron chi connectivity index (χ4n) is 3.11. The second-order valence-corrected chi connectivity index (χ2v) is 5.90. The van der Waals surface area contributed by atoms with Gasteiger partial charge in [0, 0.05) is 26.1 Å². The summed E-state index contributed by atoms with van der Waals surface area (Å²) >= 11 is 0. The van der Waals surface area contributed by atoms with Crippen molar-refractivity contribution < 1.29 is 14.3 Å². The zero-order valence-corrected chi connectivity index (χ0v) is 10.6. The molecule has 2 heterocycles. The van der Waals surface area contributed by atoms with Crippen molar-refractivity contribution in [2.45, 2.75) is 37.9 Å². The van der Waals surface area contributed by atoms with Crippen molar-refractivity contribution in [3.63, 3.8) is 0 Å². The normalized spacial score (nSPS) is 38.9. The SMILES string of the molecule is CO[C@@H]1CCOC2(C1)CN(C(=O)[C@@H]1C[C@@H]1C)C2. The molecule has 0 aromatic heterocycles. The Morgan fingerprint density at radius 3 is 2.76 bits per heavy atom. The molecule has 3 aliphatic rings. The van der Waals surface area contributed by atoms with Gasteiger partial charge in [-0.15, -0.1) is 0 Å². The highest BCUT2D eigenvalue weighted by Crippen LogP contribution is 2.43. The number of carbonyl (C=O) groups is 1. The molecule has 0 bridgehead atoms. The molecule has 2 saturated heterocycles. The first kappa shape index (κ1) is 11.5. The van der Waals surface area contributed by atoms with Crippen molar-refractivity contribution in [3.05, 3.63) is 0 Å². The summed E-state index contributed by atoms with van der Waals surface area (Å²) in [6.45, 7) is 4.46. The summed E-state index contributed by atoms with van der Waals surface area (Å²) in [6, 6.07) is 0. The van der Waals surface area contributed by atoms with Gasteiger partial charge in [0.05, 0.1) is 19.2 Å². The first-order valence-electron chi connectivity index (χ1n) is 6.59. The molecule has 1 aliphatic carbocycles. The zero-order chi connectivity index (χ0) is 12.0. The van der Waals surface area contributed by atoms with E-state index in [0.717, 1.165) is 39.0 Å². The predicted octanol–water partition coefficient (Wildman–Crippen LogP) is 1.05. The van der Waals surface area contributed by atoms with E-state index >= 15 is 0 Å². The molecule has 1 spiro atoms. The van der Waals surface area contributed by atoms with Crippen molar-refractivity contribution in [2.75, 3.05) is 26.8 Å². The molecule has 1 amide bonds. The minimum Gasteiger partial charge on any atom is -0.381 e. The average molecular weight is 239 g/mol. The van der Waals surface area contributed by atoms with Gasteiger partial charge in [0.15, 0.2) is 0 Å². The van der Waals surface area contributed by atoms with Gasteiger partial charge in [-0.25, -0.2) is 0 Å². The average Bonchev–Trinajstić information content (AvgIpc) is 3.02. The Hall–Kier alpha value is -0.610. The molecular formula is C13H21NO3. The first-order chi connectivity index (χ1) is 8.13. The number of ether oxygens (including phenoxy) is 2. The maximum Gasteiger partial charge on any atom is 0.226 e. The third kappa shape index (κ3) is 1.97. The van der Waals surface area contributed by atoms with Crippen molar-refractivity contribution >= 4 is 5.91 Å². The number of likely N-dealkylation sites (tertiary alicyclic amines) is 1. The Kier molecular flexibility index (Phi) is 2.67. The smallest absolute Gasteiger partial charge is 0.226 e. The summed E-state index contributed by atoms with van der Waals surface area (Å²) in [5.74, 6) is 1.23. The van der Waals surface area contributed by atoms with Gasteiger partial charge in [-0.2, -0.15) is 0 Å². The largest absolute Gasteiger partial charge is 0.381 e. The van der Waals surface area contributed by atoms with Crippen molar-refractivity contribution in [1.82, 2.24) is 4.90 Å². The first-order valence-corrected chi connectivity index (χ1v) is 6.59. The molecular weight excluding hydrogens is 218 g/mol. The monoisotopic (exact) mass is 239 g/mol. The molecule has 4 nitrogen and oxygen atoms in total. The number of hydrogen-bond donors (Lipinski definition) is 0. The summed E-state index contributed by atoms with van der Waals surface area (Å²) in [5.41, 5.74) is -0.0906. The second-order valence-electron chi connectivity index (χ2n) is 5.90. The van der Waals surface area contributed by atoms with E-state index in [1.54, 1.807) is 7.11 Å². The van der Waals surface area contributed by atoms with Gasteiger partial charge in [-0.3, -0.25) is 4.79 Å². The minimum atomic E-state index is -0.0906. The molecule has 0 aromatic carbocycles. The summed E-state index contributed by atoms with van der Waals surface area (Å²) in [7, 11) is 1.76. The third-order valence-electron chi connectivity index (χ3n) is 4.48. The summed E-state index contributed by atoms with van der Waals surface area (Å²) in [4.78, 5) is 14.0.